The Balaban J connectivity index is 1.34. The minimum Gasteiger partial charge on any atom is -0.340 e. The van der Waals surface area contributed by atoms with Gasteiger partial charge in [0.15, 0.2) is 5.16 Å². The van der Waals surface area contributed by atoms with Gasteiger partial charge in [-0.2, -0.15) is 0 Å². The van der Waals surface area contributed by atoms with Crippen LogP contribution in [0.15, 0.2) is 46.7 Å². The molecule has 1 amide bonds. The third-order valence-corrected chi connectivity index (χ3v) is 6.03. The maximum absolute atomic E-state index is 12.9. The first kappa shape index (κ1) is 17.2. The SMILES string of the molecule is O=C(C1CSc2nccc(=O)n2C1)N1CCN(Cc2cccnc2)CC1. The quantitative estimate of drug-likeness (QED) is 0.740. The molecule has 0 radical (unpaired) electrons. The zero-order valence-electron chi connectivity index (χ0n) is 14.5. The molecule has 0 bridgehead atoms. The lowest BCUT2D eigenvalue weighted by molar-refractivity contribution is -0.137. The number of thioether (sulfide) groups is 1. The molecule has 2 aliphatic rings. The van der Waals surface area contributed by atoms with Crippen molar-refractivity contribution in [2.45, 2.75) is 18.2 Å². The number of hydrogen-bond acceptors (Lipinski definition) is 6. The van der Waals surface area contributed by atoms with Gasteiger partial charge in [0.05, 0.1) is 5.92 Å². The third-order valence-electron chi connectivity index (χ3n) is 4.88. The van der Waals surface area contributed by atoms with Crippen LogP contribution in [-0.2, 0) is 17.9 Å². The van der Waals surface area contributed by atoms with Crippen molar-refractivity contribution in [2.24, 2.45) is 5.92 Å². The Kier molecular flexibility index (Phi) is 5.03. The van der Waals surface area contributed by atoms with E-state index in [4.69, 9.17) is 0 Å². The third kappa shape index (κ3) is 3.66. The molecule has 136 valence electrons. The van der Waals surface area contributed by atoms with Gasteiger partial charge in [-0.1, -0.05) is 17.8 Å². The molecule has 0 aromatic carbocycles. The van der Waals surface area contributed by atoms with Gasteiger partial charge >= 0.3 is 0 Å². The van der Waals surface area contributed by atoms with Gasteiger partial charge in [0, 0.05) is 69.7 Å². The highest BCUT2D eigenvalue weighted by Gasteiger charge is 2.31. The van der Waals surface area contributed by atoms with Crippen molar-refractivity contribution in [1.29, 1.82) is 0 Å². The molecule has 2 aromatic heterocycles. The fourth-order valence-electron chi connectivity index (χ4n) is 3.43. The highest BCUT2D eigenvalue weighted by molar-refractivity contribution is 7.99. The standard InChI is InChI=1S/C18H21N5O2S/c24-16-3-5-20-18-23(16)12-15(13-26-18)17(25)22-8-6-21(7-9-22)11-14-2-1-4-19-10-14/h1-5,10,15H,6-9,11-13H2. The molecule has 26 heavy (non-hydrogen) atoms. The number of carbonyl (C=O) groups is 1. The van der Waals surface area contributed by atoms with E-state index >= 15 is 0 Å². The number of pyridine rings is 1. The summed E-state index contributed by atoms with van der Waals surface area (Å²) in [5.41, 5.74) is 1.11. The molecule has 1 fully saturated rings. The second-order valence-electron chi connectivity index (χ2n) is 6.65. The summed E-state index contributed by atoms with van der Waals surface area (Å²) in [6.45, 7) is 4.48. The molecular formula is C18H21N5O2S. The van der Waals surface area contributed by atoms with E-state index in [9.17, 15) is 9.59 Å². The Bertz CT molecular complexity index is 833. The Morgan fingerprint density at radius 3 is 2.81 bits per heavy atom. The molecule has 1 atom stereocenters. The number of hydrogen-bond donors (Lipinski definition) is 0. The Labute approximate surface area is 156 Å². The van der Waals surface area contributed by atoms with Gasteiger partial charge in [0.1, 0.15) is 0 Å². The van der Waals surface area contributed by atoms with E-state index in [-0.39, 0.29) is 17.4 Å². The Hall–Kier alpha value is -2.19. The first-order valence-corrected chi connectivity index (χ1v) is 9.78. The molecule has 2 aromatic rings. The van der Waals surface area contributed by atoms with Crippen LogP contribution in [0.25, 0.3) is 0 Å². The highest BCUT2D eigenvalue weighted by atomic mass is 32.2. The predicted molar refractivity (Wildman–Crippen MR) is 98.8 cm³/mol. The maximum Gasteiger partial charge on any atom is 0.254 e. The normalized spacial score (nSPS) is 20.6. The number of nitrogens with zero attached hydrogens (tertiary/aromatic N) is 5. The largest absolute Gasteiger partial charge is 0.340 e. The summed E-state index contributed by atoms with van der Waals surface area (Å²) in [7, 11) is 0. The van der Waals surface area contributed by atoms with Crippen molar-refractivity contribution >= 4 is 17.7 Å². The fourth-order valence-corrected chi connectivity index (χ4v) is 4.49. The van der Waals surface area contributed by atoms with Crippen molar-refractivity contribution in [2.75, 3.05) is 31.9 Å². The average Bonchev–Trinajstić information content (AvgIpc) is 2.69. The monoisotopic (exact) mass is 371 g/mol. The topological polar surface area (TPSA) is 71.3 Å². The van der Waals surface area contributed by atoms with E-state index in [1.165, 1.54) is 29.6 Å². The summed E-state index contributed by atoms with van der Waals surface area (Å²) >= 11 is 1.49. The molecule has 0 spiro atoms. The Morgan fingerprint density at radius 2 is 2.04 bits per heavy atom. The van der Waals surface area contributed by atoms with Gasteiger partial charge < -0.3 is 4.90 Å². The lowest BCUT2D eigenvalue weighted by Gasteiger charge is -2.37. The van der Waals surface area contributed by atoms with Crippen LogP contribution in [0, 0.1) is 5.92 Å². The van der Waals surface area contributed by atoms with E-state index in [2.05, 4.69) is 20.9 Å². The molecule has 0 N–H and O–H groups in total. The number of amides is 1. The van der Waals surface area contributed by atoms with Crippen molar-refractivity contribution in [3.05, 3.63) is 52.7 Å². The molecule has 7 nitrogen and oxygen atoms in total. The molecule has 1 saturated heterocycles. The first-order chi connectivity index (χ1) is 12.7. The molecule has 0 saturated carbocycles. The molecule has 8 heteroatoms. The molecule has 1 unspecified atom stereocenters. The van der Waals surface area contributed by atoms with Crippen LogP contribution in [0.3, 0.4) is 0 Å². The molecule has 4 heterocycles. The van der Waals surface area contributed by atoms with Crippen molar-refractivity contribution in [1.82, 2.24) is 24.3 Å². The van der Waals surface area contributed by atoms with Crippen molar-refractivity contribution in [3.8, 4) is 0 Å². The molecule has 2 aliphatic heterocycles. The lowest BCUT2D eigenvalue weighted by atomic mass is 10.1. The molecule has 0 aliphatic carbocycles. The van der Waals surface area contributed by atoms with Crippen LogP contribution in [0.5, 0.6) is 0 Å². The number of aromatic nitrogens is 3. The van der Waals surface area contributed by atoms with Gasteiger partial charge in [0.2, 0.25) is 5.91 Å². The fraction of sp³-hybridized carbons (Fsp3) is 0.444. The first-order valence-electron chi connectivity index (χ1n) is 8.79. The minimum absolute atomic E-state index is 0.0821. The van der Waals surface area contributed by atoms with E-state index in [0.29, 0.717) is 17.5 Å². The zero-order chi connectivity index (χ0) is 17.9. The molecular weight excluding hydrogens is 350 g/mol. The van der Waals surface area contributed by atoms with E-state index in [1.807, 2.05) is 17.2 Å². The average molecular weight is 371 g/mol. The van der Waals surface area contributed by atoms with Crippen LogP contribution >= 0.6 is 11.8 Å². The number of fused-ring (bicyclic) bond motifs is 1. The summed E-state index contributed by atoms with van der Waals surface area (Å²) in [5.74, 6) is 0.685. The Morgan fingerprint density at radius 1 is 1.19 bits per heavy atom. The van der Waals surface area contributed by atoms with Gasteiger partial charge in [-0.3, -0.25) is 24.0 Å². The van der Waals surface area contributed by atoms with Gasteiger partial charge in [-0.25, -0.2) is 4.98 Å². The van der Waals surface area contributed by atoms with Crippen LogP contribution in [-0.4, -0.2) is 62.2 Å². The van der Waals surface area contributed by atoms with Crippen LogP contribution in [0.1, 0.15) is 5.56 Å². The van der Waals surface area contributed by atoms with Gasteiger partial charge in [-0.05, 0) is 11.6 Å². The minimum atomic E-state index is -0.153. The second kappa shape index (κ2) is 7.59. The lowest BCUT2D eigenvalue weighted by Crippen LogP contribution is -2.51. The zero-order valence-corrected chi connectivity index (χ0v) is 15.3. The summed E-state index contributed by atoms with van der Waals surface area (Å²) in [6, 6.07) is 5.48. The predicted octanol–water partition coefficient (Wildman–Crippen LogP) is 0.705. The van der Waals surface area contributed by atoms with Gasteiger partial charge in [-0.15, -0.1) is 0 Å². The highest BCUT2D eigenvalue weighted by Crippen LogP contribution is 2.26. The van der Waals surface area contributed by atoms with Crippen molar-refractivity contribution in [3.63, 3.8) is 0 Å². The van der Waals surface area contributed by atoms with Crippen LogP contribution in [0.2, 0.25) is 0 Å². The van der Waals surface area contributed by atoms with Crippen LogP contribution < -0.4 is 5.56 Å². The van der Waals surface area contributed by atoms with E-state index in [1.54, 1.807) is 10.8 Å². The maximum atomic E-state index is 12.9. The summed E-state index contributed by atoms with van der Waals surface area (Å²) in [6.07, 6.45) is 5.20. The summed E-state index contributed by atoms with van der Waals surface area (Å²) in [5, 5.41) is 0.711. The number of piperazine rings is 1. The van der Waals surface area contributed by atoms with E-state index < -0.39 is 0 Å². The second-order valence-corrected chi connectivity index (χ2v) is 7.63. The number of carbonyl (C=O) groups excluding carboxylic acids is 1. The summed E-state index contributed by atoms with van der Waals surface area (Å²) in [4.78, 5) is 37.6. The van der Waals surface area contributed by atoms with Gasteiger partial charge in [0.25, 0.3) is 5.56 Å². The summed E-state index contributed by atoms with van der Waals surface area (Å²) < 4.78 is 1.62. The van der Waals surface area contributed by atoms with E-state index in [0.717, 1.165) is 32.7 Å². The smallest absolute Gasteiger partial charge is 0.254 e. The van der Waals surface area contributed by atoms with Crippen molar-refractivity contribution < 1.29 is 4.79 Å². The molecule has 4 rings (SSSR count). The number of rotatable bonds is 3. The van der Waals surface area contributed by atoms with Crippen LogP contribution in [0.4, 0.5) is 0 Å².